The highest BCUT2D eigenvalue weighted by Crippen LogP contribution is 2.16. The minimum Gasteiger partial charge on any atom is -0.313 e. The van der Waals surface area contributed by atoms with Crippen molar-refractivity contribution in [2.75, 3.05) is 13.1 Å². The summed E-state index contributed by atoms with van der Waals surface area (Å²) in [5.41, 5.74) is 2.26. The Bertz CT molecular complexity index is 498. The van der Waals surface area contributed by atoms with Crippen LogP contribution in [0, 0.1) is 0 Å². The summed E-state index contributed by atoms with van der Waals surface area (Å²) in [6, 6.07) is 5.37. The van der Waals surface area contributed by atoms with Crippen LogP contribution in [0.25, 0.3) is 0 Å². The fourth-order valence-electron chi connectivity index (χ4n) is 1.95. The highest BCUT2D eigenvalue weighted by Gasteiger charge is 2.14. The third kappa shape index (κ3) is 4.60. The summed E-state index contributed by atoms with van der Waals surface area (Å²) >= 11 is 0. The van der Waals surface area contributed by atoms with Crippen LogP contribution < -0.4 is 10.0 Å². The molecule has 0 saturated heterocycles. The monoisotopic (exact) mass is 284 g/mol. The molecule has 0 heterocycles. The molecule has 0 fully saturated rings. The Balaban J connectivity index is 3.00. The van der Waals surface area contributed by atoms with E-state index in [9.17, 15) is 8.42 Å². The Morgan fingerprint density at radius 1 is 1.11 bits per heavy atom. The molecule has 1 aromatic rings. The number of sulfonamides is 1. The first-order valence-corrected chi connectivity index (χ1v) is 8.35. The van der Waals surface area contributed by atoms with Crippen LogP contribution in [0.1, 0.15) is 38.3 Å². The lowest BCUT2D eigenvalue weighted by Gasteiger charge is -2.12. The largest absolute Gasteiger partial charge is 0.313 e. The molecule has 0 bridgehead atoms. The van der Waals surface area contributed by atoms with E-state index in [1.807, 2.05) is 6.07 Å². The van der Waals surface area contributed by atoms with Crippen molar-refractivity contribution in [1.29, 1.82) is 0 Å². The molecule has 0 aromatic heterocycles. The quantitative estimate of drug-likeness (QED) is 0.718. The molecule has 5 heteroatoms. The summed E-state index contributed by atoms with van der Waals surface area (Å²) in [6.07, 6.45) is 1.97. The van der Waals surface area contributed by atoms with Crippen molar-refractivity contribution < 1.29 is 8.42 Å². The molecule has 0 unspecified atom stereocenters. The number of rotatable bonds is 8. The molecule has 0 amide bonds. The van der Waals surface area contributed by atoms with Crippen molar-refractivity contribution in [3.8, 4) is 0 Å². The Labute approximate surface area is 116 Å². The lowest BCUT2D eigenvalue weighted by molar-refractivity contribution is 0.583. The van der Waals surface area contributed by atoms with E-state index < -0.39 is 10.0 Å². The normalized spacial score (nSPS) is 11.7. The van der Waals surface area contributed by atoms with Crippen molar-refractivity contribution in [1.82, 2.24) is 10.0 Å². The van der Waals surface area contributed by atoms with Gasteiger partial charge in [-0.2, -0.15) is 0 Å². The fourth-order valence-corrected chi connectivity index (χ4v) is 3.04. The number of hydrogen-bond donors (Lipinski definition) is 2. The van der Waals surface area contributed by atoms with Gasteiger partial charge in [-0.15, -0.1) is 0 Å². The predicted octanol–water partition coefficient (Wildman–Crippen LogP) is 2.05. The molecule has 0 radical (unpaired) electrons. The van der Waals surface area contributed by atoms with Crippen molar-refractivity contribution >= 4 is 10.0 Å². The topological polar surface area (TPSA) is 58.2 Å². The summed E-state index contributed by atoms with van der Waals surface area (Å²) in [5, 5.41) is 3.32. The SMILES string of the molecule is CCCNCc1cc(S(=O)(=O)NCC)ccc1CC. The maximum Gasteiger partial charge on any atom is 0.240 e. The van der Waals surface area contributed by atoms with Crippen molar-refractivity contribution in [2.45, 2.75) is 45.1 Å². The molecule has 0 spiro atoms. The second-order valence-corrected chi connectivity index (χ2v) is 6.23. The van der Waals surface area contributed by atoms with E-state index in [2.05, 4.69) is 23.9 Å². The van der Waals surface area contributed by atoms with Crippen LogP contribution in [0.3, 0.4) is 0 Å². The van der Waals surface area contributed by atoms with Gasteiger partial charge in [0.15, 0.2) is 0 Å². The molecule has 1 rings (SSSR count). The third-order valence-electron chi connectivity index (χ3n) is 2.95. The molecule has 108 valence electrons. The van der Waals surface area contributed by atoms with Gasteiger partial charge in [0.05, 0.1) is 4.90 Å². The van der Waals surface area contributed by atoms with E-state index in [0.29, 0.717) is 18.0 Å². The molecule has 0 aliphatic rings. The highest BCUT2D eigenvalue weighted by atomic mass is 32.2. The van der Waals surface area contributed by atoms with Crippen LogP contribution in [0.15, 0.2) is 23.1 Å². The van der Waals surface area contributed by atoms with E-state index in [-0.39, 0.29) is 0 Å². The van der Waals surface area contributed by atoms with E-state index >= 15 is 0 Å². The van der Waals surface area contributed by atoms with Gasteiger partial charge in [0.2, 0.25) is 10.0 Å². The Kier molecular flexibility index (Phi) is 6.48. The van der Waals surface area contributed by atoms with Crippen molar-refractivity contribution in [3.63, 3.8) is 0 Å². The van der Waals surface area contributed by atoms with Gasteiger partial charge >= 0.3 is 0 Å². The molecule has 0 aliphatic heterocycles. The van der Waals surface area contributed by atoms with Gasteiger partial charge in [-0.1, -0.05) is 26.8 Å². The van der Waals surface area contributed by atoms with Crippen molar-refractivity contribution in [3.05, 3.63) is 29.3 Å². The summed E-state index contributed by atoms with van der Waals surface area (Å²) in [7, 11) is -3.37. The van der Waals surface area contributed by atoms with E-state index in [1.165, 1.54) is 5.56 Å². The van der Waals surface area contributed by atoms with Crippen molar-refractivity contribution in [2.24, 2.45) is 0 Å². The zero-order chi connectivity index (χ0) is 14.3. The summed E-state index contributed by atoms with van der Waals surface area (Å²) in [6.45, 7) is 8.03. The van der Waals surface area contributed by atoms with E-state index in [4.69, 9.17) is 0 Å². The number of aryl methyl sites for hydroxylation is 1. The van der Waals surface area contributed by atoms with Crippen LogP contribution >= 0.6 is 0 Å². The van der Waals surface area contributed by atoms with Gasteiger partial charge in [-0.25, -0.2) is 13.1 Å². The first-order chi connectivity index (χ1) is 9.05. The third-order valence-corrected chi connectivity index (χ3v) is 4.49. The first-order valence-electron chi connectivity index (χ1n) is 6.87. The number of hydrogen-bond acceptors (Lipinski definition) is 3. The predicted molar refractivity (Wildman–Crippen MR) is 78.7 cm³/mol. The van der Waals surface area contributed by atoms with Crippen LogP contribution in [-0.4, -0.2) is 21.5 Å². The van der Waals surface area contributed by atoms with E-state index in [1.54, 1.807) is 19.1 Å². The second-order valence-electron chi connectivity index (χ2n) is 4.46. The standard InChI is InChI=1S/C14H24N2O2S/c1-4-9-15-11-13-10-14(8-7-12(13)5-2)19(17,18)16-6-3/h7-8,10,15-16H,4-6,9,11H2,1-3H3. The molecule has 0 saturated carbocycles. The average Bonchev–Trinajstić information content (AvgIpc) is 2.39. The lowest BCUT2D eigenvalue weighted by atomic mass is 10.1. The lowest BCUT2D eigenvalue weighted by Crippen LogP contribution is -2.23. The highest BCUT2D eigenvalue weighted by molar-refractivity contribution is 7.89. The van der Waals surface area contributed by atoms with Gasteiger partial charge in [0, 0.05) is 13.1 Å². The van der Waals surface area contributed by atoms with Crippen LogP contribution in [0.4, 0.5) is 0 Å². The summed E-state index contributed by atoms with van der Waals surface area (Å²) < 4.78 is 26.5. The van der Waals surface area contributed by atoms with Gasteiger partial charge in [-0.3, -0.25) is 0 Å². The molecular weight excluding hydrogens is 260 g/mol. The second kappa shape index (κ2) is 7.62. The van der Waals surface area contributed by atoms with Gasteiger partial charge in [0.25, 0.3) is 0 Å². The molecule has 0 atom stereocenters. The first kappa shape index (κ1) is 16.1. The van der Waals surface area contributed by atoms with Crippen LogP contribution in [0.5, 0.6) is 0 Å². The minimum atomic E-state index is -3.37. The minimum absolute atomic E-state index is 0.347. The maximum absolute atomic E-state index is 12.0. The van der Waals surface area contributed by atoms with Crippen LogP contribution in [0.2, 0.25) is 0 Å². The molecule has 2 N–H and O–H groups in total. The number of benzene rings is 1. The zero-order valence-electron chi connectivity index (χ0n) is 12.0. The number of nitrogens with one attached hydrogen (secondary N) is 2. The smallest absolute Gasteiger partial charge is 0.240 e. The molecule has 19 heavy (non-hydrogen) atoms. The maximum atomic E-state index is 12.0. The van der Waals surface area contributed by atoms with Crippen LogP contribution in [-0.2, 0) is 23.0 Å². The van der Waals surface area contributed by atoms with Gasteiger partial charge in [-0.05, 0) is 42.6 Å². The summed E-state index contributed by atoms with van der Waals surface area (Å²) in [4.78, 5) is 0.347. The molecule has 1 aromatic carbocycles. The zero-order valence-corrected chi connectivity index (χ0v) is 12.8. The van der Waals surface area contributed by atoms with E-state index in [0.717, 1.165) is 24.9 Å². The van der Waals surface area contributed by atoms with Gasteiger partial charge < -0.3 is 5.32 Å². The Morgan fingerprint density at radius 3 is 2.42 bits per heavy atom. The Morgan fingerprint density at radius 2 is 1.84 bits per heavy atom. The summed E-state index contributed by atoms with van der Waals surface area (Å²) in [5.74, 6) is 0. The van der Waals surface area contributed by atoms with Gasteiger partial charge in [0.1, 0.15) is 0 Å². The molecular formula is C14H24N2O2S. The molecule has 0 aliphatic carbocycles. The fraction of sp³-hybridized carbons (Fsp3) is 0.571. The average molecular weight is 284 g/mol. The molecule has 4 nitrogen and oxygen atoms in total. The Hall–Kier alpha value is -0.910.